The van der Waals surface area contributed by atoms with E-state index in [0.717, 1.165) is 48.4 Å². The summed E-state index contributed by atoms with van der Waals surface area (Å²) < 4.78 is 10.6. The monoisotopic (exact) mass is 393 g/mol. The van der Waals surface area contributed by atoms with Crippen LogP contribution < -0.4 is 9.47 Å². The number of amides is 1. The van der Waals surface area contributed by atoms with Crippen LogP contribution in [0.4, 0.5) is 0 Å². The predicted molar refractivity (Wildman–Crippen MR) is 113 cm³/mol. The fraction of sp³-hybridized carbons (Fsp3) is 0.391. The Labute approximate surface area is 170 Å². The Morgan fingerprint density at radius 3 is 2.79 bits per heavy atom. The van der Waals surface area contributed by atoms with Crippen molar-refractivity contribution in [2.24, 2.45) is 0 Å². The molecule has 1 aliphatic rings. The first-order valence-electron chi connectivity index (χ1n) is 10.1. The molecule has 1 aliphatic heterocycles. The molecule has 1 aromatic heterocycles. The van der Waals surface area contributed by atoms with Crippen molar-refractivity contribution in [3.8, 4) is 11.5 Å². The van der Waals surface area contributed by atoms with E-state index in [9.17, 15) is 4.79 Å². The lowest BCUT2D eigenvalue weighted by Gasteiger charge is -2.32. The number of carbonyl (C=O) groups is 1. The minimum atomic E-state index is 0.195. The van der Waals surface area contributed by atoms with Gasteiger partial charge in [0.15, 0.2) is 11.5 Å². The van der Waals surface area contributed by atoms with E-state index in [2.05, 4.69) is 4.98 Å². The van der Waals surface area contributed by atoms with Crippen LogP contribution in [0, 0.1) is 0 Å². The van der Waals surface area contributed by atoms with Gasteiger partial charge in [-0.25, -0.2) is 4.98 Å². The van der Waals surface area contributed by atoms with Crippen molar-refractivity contribution in [2.45, 2.75) is 31.6 Å². The van der Waals surface area contributed by atoms with Crippen LogP contribution in [0.5, 0.6) is 11.5 Å². The fourth-order valence-electron chi connectivity index (χ4n) is 4.04. The number of piperidine rings is 1. The first-order chi connectivity index (χ1) is 14.2. The Bertz CT molecular complexity index is 965. The van der Waals surface area contributed by atoms with Gasteiger partial charge in [-0.3, -0.25) is 4.79 Å². The van der Waals surface area contributed by atoms with E-state index in [1.54, 1.807) is 14.2 Å². The molecule has 1 unspecified atom stereocenters. The number of ether oxygens (including phenoxy) is 2. The number of aryl methyl sites for hydroxylation is 1. The summed E-state index contributed by atoms with van der Waals surface area (Å²) in [4.78, 5) is 23.0. The van der Waals surface area contributed by atoms with Gasteiger partial charge in [0.2, 0.25) is 5.91 Å². The molecule has 6 nitrogen and oxygen atoms in total. The number of hydrogen-bond acceptors (Lipinski definition) is 4. The Morgan fingerprint density at radius 2 is 2.00 bits per heavy atom. The molecule has 0 aliphatic carbocycles. The fourth-order valence-corrected chi connectivity index (χ4v) is 4.04. The summed E-state index contributed by atoms with van der Waals surface area (Å²) in [5.41, 5.74) is 3.11. The van der Waals surface area contributed by atoms with Gasteiger partial charge in [-0.1, -0.05) is 18.2 Å². The van der Waals surface area contributed by atoms with Crippen LogP contribution in [-0.4, -0.2) is 48.1 Å². The minimum absolute atomic E-state index is 0.195. The van der Waals surface area contributed by atoms with Gasteiger partial charge in [0, 0.05) is 25.4 Å². The topological polar surface area (TPSA) is 67.5 Å². The lowest BCUT2D eigenvalue weighted by Crippen LogP contribution is -2.39. The lowest BCUT2D eigenvalue weighted by molar-refractivity contribution is -0.132. The van der Waals surface area contributed by atoms with Gasteiger partial charge in [-0.05, 0) is 49.1 Å². The molecule has 152 valence electrons. The molecule has 1 atom stereocenters. The highest BCUT2D eigenvalue weighted by Crippen LogP contribution is 2.29. The van der Waals surface area contributed by atoms with Crippen LogP contribution >= 0.6 is 0 Å². The van der Waals surface area contributed by atoms with Crippen molar-refractivity contribution >= 4 is 16.9 Å². The van der Waals surface area contributed by atoms with Gasteiger partial charge in [0.1, 0.15) is 5.82 Å². The number of nitrogens with one attached hydrogen (secondary N) is 1. The number of H-pyrrole nitrogens is 1. The zero-order valence-corrected chi connectivity index (χ0v) is 17.0. The molecule has 0 bridgehead atoms. The maximum Gasteiger partial charge on any atom is 0.222 e. The molecule has 0 spiro atoms. The van der Waals surface area contributed by atoms with Gasteiger partial charge < -0.3 is 19.4 Å². The van der Waals surface area contributed by atoms with Crippen LogP contribution in [0.25, 0.3) is 11.0 Å². The highest BCUT2D eigenvalue weighted by atomic mass is 16.5. The van der Waals surface area contributed by atoms with Gasteiger partial charge in [0.25, 0.3) is 0 Å². The third-order valence-electron chi connectivity index (χ3n) is 5.64. The van der Waals surface area contributed by atoms with Gasteiger partial charge >= 0.3 is 0 Å². The molecule has 1 saturated heterocycles. The normalized spacial score (nSPS) is 16.8. The van der Waals surface area contributed by atoms with Crippen LogP contribution in [0.2, 0.25) is 0 Å². The summed E-state index contributed by atoms with van der Waals surface area (Å²) in [5, 5.41) is 0. The second-order valence-electron chi connectivity index (χ2n) is 7.51. The molecule has 0 radical (unpaired) electrons. The number of hydrogen-bond donors (Lipinski definition) is 1. The molecule has 2 heterocycles. The predicted octanol–water partition coefficient (Wildman–Crippen LogP) is 3.92. The summed E-state index contributed by atoms with van der Waals surface area (Å²) in [7, 11) is 3.24. The summed E-state index contributed by atoms with van der Waals surface area (Å²) >= 11 is 0. The standard InChI is InChI=1S/C23H27N3O3/c1-28-20-11-9-16(14-21(20)29-2)10-12-22(27)26-13-5-6-17(15-26)23-24-18-7-3-4-8-19(18)25-23/h3-4,7-9,11,14,17H,5-6,10,12-13,15H2,1-2H3,(H,24,25). The molecular formula is C23H27N3O3. The largest absolute Gasteiger partial charge is 0.493 e. The Hall–Kier alpha value is -3.02. The highest BCUT2D eigenvalue weighted by Gasteiger charge is 2.26. The van der Waals surface area contributed by atoms with Crippen molar-refractivity contribution in [3.05, 3.63) is 53.9 Å². The van der Waals surface area contributed by atoms with E-state index in [1.807, 2.05) is 47.4 Å². The number of rotatable bonds is 6. The number of aromatic amines is 1. The van der Waals surface area contributed by atoms with E-state index in [0.29, 0.717) is 24.3 Å². The van der Waals surface area contributed by atoms with E-state index < -0.39 is 0 Å². The molecular weight excluding hydrogens is 366 g/mol. The second-order valence-corrected chi connectivity index (χ2v) is 7.51. The van der Waals surface area contributed by atoms with Crippen LogP contribution in [0.1, 0.15) is 36.6 Å². The Morgan fingerprint density at radius 1 is 1.17 bits per heavy atom. The van der Waals surface area contributed by atoms with Gasteiger partial charge in [-0.15, -0.1) is 0 Å². The summed E-state index contributed by atoms with van der Waals surface area (Å²) in [6.45, 7) is 1.55. The second kappa shape index (κ2) is 8.55. The molecule has 2 aromatic carbocycles. The number of imidazole rings is 1. The number of likely N-dealkylation sites (tertiary alicyclic amines) is 1. The number of methoxy groups -OCH3 is 2. The number of carbonyl (C=O) groups excluding carboxylic acids is 1. The zero-order valence-electron chi connectivity index (χ0n) is 17.0. The number of fused-ring (bicyclic) bond motifs is 1. The zero-order chi connectivity index (χ0) is 20.2. The highest BCUT2D eigenvalue weighted by molar-refractivity contribution is 5.77. The van der Waals surface area contributed by atoms with E-state index >= 15 is 0 Å². The summed E-state index contributed by atoms with van der Waals surface area (Å²) in [6, 6.07) is 13.9. The minimum Gasteiger partial charge on any atom is -0.493 e. The maximum atomic E-state index is 12.8. The molecule has 4 rings (SSSR count). The first-order valence-corrected chi connectivity index (χ1v) is 10.1. The average molecular weight is 393 g/mol. The van der Waals surface area contributed by atoms with Gasteiger partial charge in [0.05, 0.1) is 25.3 Å². The lowest BCUT2D eigenvalue weighted by atomic mass is 9.96. The van der Waals surface area contributed by atoms with Crippen molar-refractivity contribution in [2.75, 3.05) is 27.3 Å². The molecule has 1 amide bonds. The van der Waals surface area contributed by atoms with E-state index in [-0.39, 0.29) is 11.8 Å². The average Bonchev–Trinajstić information content (AvgIpc) is 3.21. The maximum absolute atomic E-state index is 12.8. The third kappa shape index (κ3) is 4.21. The third-order valence-corrected chi connectivity index (χ3v) is 5.64. The quantitative estimate of drug-likeness (QED) is 0.689. The van der Waals surface area contributed by atoms with E-state index in [4.69, 9.17) is 14.5 Å². The first kappa shape index (κ1) is 19.3. The Balaban J connectivity index is 1.38. The smallest absolute Gasteiger partial charge is 0.222 e. The number of aromatic nitrogens is 2. The Kier molecular flexibility index (Phi) is 5.69. The number of benzene rings is 2. The van der Waals surface area contributed by atoms with Crippen molar-refractivity contribution in [1.29, 1.82) is 0 Å². The molecule has 1 N–H and O–H groups in total. The van der Waals surface area contributed by atoms with Gasteiger partial charge in [-0.2, -0.15) is 0 Å². The van der Waals surface area contributed by atoms with Crippen molar-refractivity contribution in [3.63, 3.8) is 0 Å². The molecule has 29 heavy (non-hydrogen) atoms. The molecule has 1 fully saturated rings. The van der Waals surface area contributed by atoms with Crippen molar-refractivity contribution in [1.82, 2.24) is 14.9 Å². The molecule has 6 heteroatoms. The summed E-state index contributed by atoms with van der Waals surface area (Å²) in [6.07, 6.45) is 3.23. The molecule has 0 saturated carbocycles. The van der Waals surface area contributed by atoms with Crippen LogP contribution in [0.3, 0.4) is 0 Å². The molecule has 3 aromatic rings. The number of para-hydroxylation sites is 2. The van der Waals surface area contributed by atoms with Crippen molar-refractivity contribution < 1.29 is 14.3 Å². The number of nitrogens with zero attached hydrogens (tertiary/aromatic N) is 2. The van der Waals surface area contributed by atoms with Crippen LogP contribution in [0.15, 0.2) is 42.5 Å². The van der Waals surface area contributed by atoms with E-state index in [1.165, 1.54) is 0 Å². The SMILES string of the molecule is COc1ccc(CCC(=O)N2CCCC(c3nc4ccccc4[nH]3)C2)cc1OC. The summed E-state index contributed by atoms with van der Waals surface area (Å²) in [5.74, 6) is 2.85. The van der Waals surface area contributed by atoms with Crippen LogP contribution in [-0.2, 0) is 11.2 Å².